The van der Waals surface area contributed by atoms with E-state index in [-0.39, 0.29) is 11.9 Å². The number of carbonyl (C=O) groups is 1. The Morgan fingerprint density at radius 1 is 1.21 bits per heavy atom. The van der Waals surface area contributed by atoms with Crippen LogP contribution in [0.2, 0.25) is 0 Å². The normalized spacial score (nSPS) is 19.3. The van der Waals surface area contributed by atoms with Gasteiger partial charge in [0.05, 0.1) is 5.69 Å². The average Bonchev–Trinajstić information content (AvgIpc) is 3.24. The molecule has 0 bridgehead atoms. The summed E-state index contributed by atoms with van der Waals surface area (Å²) < 4.78 is 0. The first-order valence-electron chi connectivity index (χ1n) is 8.58. The first kappa shape index (κ1) is 15.1. The summed E-state index contributed by atoms with van der Waals surface area (Å²) in [5, 5.41) is 3.23. The number of nitrogens with zero attached hydrogens (tertiary/aromatic N) is 3. The quantitative estimate of drug-likeness (QED) is 0.940. The van der Waals surface area contributed by atoms with E-state index in [1.54, 1.807) is 0 Å². The molecule has 5 heteroatoms. The Kier molecular flexibility index (Phi) is 3.71. The predicted molar refractivity (Wildman–Crippen MR) is 93.4 cm³/mol. The number of rotatable bonds is 4. The Bertz CT molecular complexity index is 742. The highest BCUT2D eigenvalue weighted by Gasteiger charge is 2.49. The minimum atomic E-state index is -0.280. The molecule has 5 nitrogen and oxygen atoms in total. The Morgan fingerprint density at radius 2 is 2.00 bits per heavy atom. The van der Waals surface area contributed by atoms with Crippen LogP contribution in [0.25, 0.3) is 11.3 Å². The van der Waals surface area contributed by atoms with Crippen molar-refractivity contribution in [3.05, 3.63) is 42.7 Å². The monoisotopic (exact) mass is 322 g/mol. The molecule has 1 saturated heterocycles. The highest BCUT2D eigenvalue weighted by Crippen LogP contribution is 2.52. The molecule has 1 saturated carbocycles. The summed E-state index contributed by atoms with van der Waals surface area (Å²) in [5.41, 5.74) is 2.35. The van der Waals surface area contributed by atoms with Gasteiger partial charge in [0.2, 0.25) is 5.91 Å². The highest BCUT2D eigenvalue weighted by atomic mass is 16.2. The summed E-state index contributed by atoms with van der Waals surface area (Å²) in [4.78, 5) is 23.2. The maximum atomic E-state index is 12.6. The van der Waals surface area contributed by atoms with Crippen molar-refractivity contribution in [1.29, 1.82) is 0 Å². The van der Waals surface area contributed by atoms with Crippen LogP contribution < -0.4 is 5.32 Å². The number of hydrogen-bond acceptors (Lipinski definition) is 4. The maximum Gasteiger partial charge on any atom is 0.244 e. The molecule has 1 aliphatic carbocycles. The van der Waals surface area contributed by atoms with Crippen molar-refractivity contribution < 1.29 is 4.79 Å². The number of nitrogens with one attached hydrogen (secondary N) is 1. The second kappa shape index (κ2) is 5.89. The molecule has 2 heterocycles. The minimum absolute atomic E-state index is 0.165. The van der Waals surface area contributed by atoms with Gasteiger partial charge < -0.3 is 10.2 Å². The van der Waals surface area contributed by atoms with Crippen molar-refractivity contribution in [1.82, 2.24) is 14.9 Å². The lowest BCUT2D eigenvalue weighted by Gasteiger charge is -2.22. The van der Waals surface area contributed by atoms with Gasteiger partial charge in [-0.05, 0) is 31.6 Å². The molecular formula is C19H22N4O. The molecule has 1 amide bonds. The van der Waals surface area contributed by atoms with Crippen LogP contribution >= 0.6 is 0 Å². The summed E-state index contributed by atoms with van der Waals surface area (Å²) in [7, 11) is 0. The van der Waals surface area contributed by atoms with Crippen LogP contribution in [0.4, 0.5) is 5.82 Å². The molecule has 1 aromatic heterocycles. The van der Waals surface area contributed by atoms with Crippen LogP contribution in [0.1, 0.15) is 26.2 Å². The zero-order chi connectivity index (χ0) is 16.6. The molecule has 2 aromatic rings. The molecule has 1 atom stereocenters. The van der Waals surface area contributed by atoms with E-state index in [2.05, 4.69) is 15.3 Å². The van der Waals surface area contributed by atoms with Crippen molar-refractivity contribution in [2.75, 3.05) is 18.4 Å². The van der Waals surface area contributed by atoms with Crippen LogP contribution in [0.3, 0.4) is 0 Å². The van der Waals surface area contributed by atoms with Crippen molar-refractivity contribution in [2.45, 2.75) is 32.2 Å². The number of benzene rings is 1. The molecule has 4 rings (SSSR count). The molecule has 1 spiro atoms. The summed E-state index contributed by atoms with van der Waals surface area (Å²) in [6.07, 6.45) is 5.27. The fourth-order valence-corrected chi connectivity index (χ4v) is 3.47. The number of carbonyl (C=O) groups excluding carboxylic acids is 1. The fourth-order valence-electron chi connectivity index (χ4n) is 3.47. The third kappa shape index (κ3) is 2.98. The molecule has 0 radical (unpaired) electrons. The van der Waals surface area contributed by atoms with E-state index in [0.717, 1.165) is 30.8 Å². The van der Waals surface area contributed by atoms with Crippen molar-refractivity contribution in [3.8, 4) is 11.3 Å². The number of anilines is 1. The predicted octanol–water partition coefficient (Wildman–Crippen LogP) is 2.96. The van der Waals surface area contributed by atoms with Gasteiger partial charge in [-0.1, -0.05) is 30.3 Å². The molecule has 0 unspecified atom stereocenters. The molecule has 1 N–H and O–H groups in total. The first-order chi connectivity index (χ1) is 11.7. The van der Waals surface area contributed by atoms with Gasteiger partial charge in [0, 0.05) is 24.7 Å². The number of hydrogen-bond donors (Lipinski definition) is 1. The largest absolute Gasteiger partial charge is 0.359 e. The Balaban J connectivity index is 1.44. The van der Waals surface area contributed by atoms with Gasteiger partial charge in [-0.2, -0.15) is 0 Å². The lowest BCUT2D eigenvalue weighted by molar-refractivity contribution is -0.130. The standard InChI is InChI=1S/C19H22N4O/c1-14(18(24)23-10-9-19(12-23)7-8-19)22-17-11-16(20-13-21-17)15-5-3-2-4-6-15/h2-6,11,13-14H,7-10,12H2,1H3,(H,20,21,22)/t14-/m1/s1. The molecule has 2 fully saturated rings. The second-order valence-electron chi connectivity index (χ2n) is 7.03. The van der Waals surface area contributed by atoms with Gasteiger partial charge in [-0.3, -0.25) is 4.79 Å². The van der Waals surface area contributed by atoms with Crippen LogP contribution in [0.5, 0.6) is 0 Å². The average molecular weight is 322 g/mol. The van der Waals surface area contributed by atoms with E-state index >= 15 is 0 Å². The molecule has 124 valence electrons. The third-order valence-corrected chi connectivity index (χ3v) is 5.18. The van der Waals surface area contributed by atoms with Crippen LogP contribution in [0, 0.1) is 5.41 Å². The summed E-state index contributed by atoms with van der Waals surface area (Å²) in [5.74, 6) is 0.851. The van der Waals surface area contributed by atoms with Gasteiger partial charge >= 0.3 is 0 Å². The van der Waals surface area contributed by atoms with E-state index in [1.807, 2.05) is 48.2 Å². The molecular weight excluding hydrogens is 300 g/mol. The van der Waals surface area contributed by atoms with Gasteiger partial charge in [0.15, 0.2) is 0 Å². The summed E-state index contributed by atoms with van der Waals surface area (Å²) in [6, 6.07) is 11.6. The molecule has 1 aliphatic heterocycles. The highest BCUT2D eigenvalue weighted by molar-refractivity contribution is 5.84. The molecule has 24 heavy (non-hydrogen) atoms. The van der Waals surface area contributed by atoms with E-state index in [4.69, 9.17) is 0 Å². The fraction of sp³-hybridized carbons (Fsp3) is 0.421. The van der Waals surface area contributed by atoms with Gasteiger partial charge in [0.1, 0.15) is 18.2 Å². The summed E-state index contributed by atoms with van der Waals surface area (Å²) >= 11 is 0. The van der Waals surface area contributed by atoms with Gasteiger partial charge in [-0.15, -0.1) is 0 Å². The van der Waals surface area contributed by atoms with E-state index in [9.17, 15) is 4.79 Å². The SMILES string of the molecule is C[C@@H](Nc1cc(-c2ccccc2)ncn1)C(=O)N1CCC2(CC2)C1. The topological polar surface area (TPSA) is 58.1 Å². The maximum absolute atomic E-state index is 12.6. The number of aromatic nitrogens is 2. The van der Waals surface area contributed by atoms with E-state index in [0.29, 0.717) is 11.2 Å². The Morgan fingerprint density at radius 3 is 2.71 bits per heavy atom. The van der Waals surface area contributed by atoms with Crippen molar-refractivity contribution in [3.63, 3.8) is 0 Å². The van der Waals surface area contributed by atoms with E-state index in [1.165, 1.54) is 19.2 Å². The first-order valence-corrected chi connectivity index (χ1v) is 8.58. The smallest absolute Gasteiger partial charge is 0.244 e. The molecule has 1 aromatic carbocycles. The van der Waals surface area contributed by atoms with Gasteiger partial charge in [-0.25, -0.2) is 9.97 Å². The minimum Gasteiger partial charge on any atom is -0.359 e. The number of amides is 1. The van der Waals surface area contributed by atoms with Crippen LogP contribution in [-0.2, 0) is 4.79 Å². The Hall–Kier alpha value is -2.43. The lowest BCUT2D eigenvalue weighted by atomic mass is 10.1. The lowest BCUT2D eigenvalue weighted by Crippen LogP contribution is -2.40. The molecule has 2 aliphatic rings. The zero-order valence-corrected chi connectivity index (χ0v) is 13.9. The van der Waals surface area contributed by atoms with Crippen LogP contribution in [0.15, 0.2) is 42.7 Å². The zero-order valence-electron chi connectivity index (χ0n) is 13.9. The number of likely N-dealkylation sites (tertiary alicyclic amines) is 1. The second-order valence-corrected chi connectivity index (χ2v) is 7.03. The summed E-state index contributed by atoms with van der Waals surface area (Å²) in [6.45, 7) is 3.73. The van der Waals surface area contributed by atoms with Crippen LogP contribution in [-0.4, -0.2) is 39.9 Å². The van der Waals surface area contributed by atoms with Crippen molar-refractivity contribution >= 4 is 11.7 Å². The van der Waals surface area contributed by atoms with Gasteiger partial charge in [0.25, 0.3) is 0 Å². The van der Waals surface area contributed by atoms with Crippen molar-refractivity contribution in [2.24, 2.45) is 5.41 Å². The third-order valence-electron chi connectivity index (χ3n) is 5.18. The Labute approximate surface area is 142 Å². The van der Waals surface area contributed by atoms with E-state index < -0.39 is 0 Å².